The fourth-order valence-corrected chi connectivity index (χ4v) is 3.25. The molecule has 3 N–H and O–H groups in total. The number of hydrogen-bond donors (Lipinski definition) is 2. The fraction of sp³-hybridized carbons (Fsp3) is 0.938. The molecule has 2 fully saturated rings. The molecule has 2 aliphatic rings. The van der Waals surface area contributed by atoms with Crippen LogP contribution in [-0.4, -0.2) is 71.0 Å². The number of hydrogen-bond acceptors (Lipinski definition) is 5. The Labute approximate surface area is 133 Å². The van der Waals surface area contributed by atoms with Crippen LogP contribution in [0.2, 0.25) is 0 Å². The van der Waals surface area contributed by atoms with Gasteiger partial charge in [0.05, 0.1) is 5.60 Å². The first-order valence-corrected chi connectivity index (χ1v) is 8.37. The number of carbonyl (C=O) groups excluding carboxylic acids is 1. The highest BCUT2D eigenvalue weighted by molar-refractivity contribution is 5.68. The number of amides is 1. The van der Waals surface area contributed by atoms with Crippen LogP contribution in [-0.2, 0) is 4.74 Å². The zero-order chi connectivity index (χ0) is 16.4. The van der Waals surface area contributed by atoms with Crippen molar-refractivity contribution in [3.05, 3.63) is 0 Å². The molecule has 6 heteroatoms. The number of nitrogens with zero attached hydrogens (tertiary/aromatic N) is 2. The first-order chi connectivity index (χ1) is 10.2. The van der Waals surface area contributed by atoms with Crippen molar-refractivity contribution in [2.24, 2.45) is 5.73 Å². The van der Waals surface area contributed by atoms with Gasteiger partial charge in [-0.05, 0) is 46.5 Å². The van der Waals surface area contributed by atoms with Gasteiger partial charge in [-0.1, -0.05) is 0 Å². The molecule has 22 heavy (non-hydrogen) atoms. The lowest BCUT2D eigenvalue weighted by molar-refractivity contribution is -0.0327. The highest BCUT2D eigenvalue weighted by Crippen LogP contribution is 2.26. The minimum Gasteiger partial charge on any atom is -0.444 e. The van der Waals surface area contributed by atoms with E-state index in [0.29, 0.717) is 12.6 Å². The summed E-state index contributed by atoms with van der Waals surface area (Å²) < 4.78 is 5.43. The number of piperidine rings is 2. The standard InChI is InChI=1S/C16H31N3O3/c1-15(2,3)22-14(20)19-8-4-13(5-9-19)18-10-6-16(21,12-17)7-11-18/h13,21H,4-12,17H2,1-3H3. The predicted molar refractivity (Wildman–Crippen MR) is 85.6 cm³/mol. The van der Waals surface area contributed by atoms with Gasteiger partial charge in [-0.25, -0.2) is 4.79 Å². The lowest BCUT2D eigenvalue weighted by Gasteiger charge is -2.44. The largest absolute Gasteiger partial charge is 0.444 e. The maximum Gasteiger partial charge on any atom is 0.410 e. The molecule has 0 aromatic rings. The summed E-state index contributed by atoms with van der Waals surface area (Å²) in [5.41, 5.74) is 4.53. The minimum atomic E-state index is -0.673. The monoisotopic (exact) mass is 313 g/mol. The third-order valence-electron chi connectivity index (χ3n) is 4.74. The maximum atomic E-state index is 12.1. The normalized spacial score (nSPS) is 24.3. The van der Waals surface area contributed by atoms with Gasteiger partial charge < -0.3 is 25.4 Å². The zero-order valence-electron chi connectivity index (χ0n) is 14.2. The molecule has 2 saturated heterocycles. The second kappa shape index (κ2) is 6.72. The Kier molecular flexibility index (Phi) is 5.35. The van der Waals surface area contributed by atoms with Gasteiger partial charge in [0.2, 0.25) is 0 Å². The van der Waals surface area contributed by atoms with Gasteiger partial charge in [-0.3, -0.25) is 0 Å². The molecule has 0 aromatic heterocycles. The molecular weight excluding hydrogens is 282 g/mol. The Morgan fingerprint density at radius 3 is 2.23 bits per heavy atom. The van der Waals surface area contributed by atoms with Crippen LogP contribution in [0.5, 0.6) is 0 Å². The van der Waals surface area contributed by atoms with Crippen LogP contribution in [0.1, 0.15) is 46.5 Å². The van der Waals surface area contributed by atoms with Crippen LogP contribution in [0.25, 0.3) is 0 Å². The van der Waals surface area contributed by atoms with E-state index in [1.807, 2.05) is 25.7 Å². The molecule has 0 bridgehead atoms. The Balaban J connectivity index is 1.77. The van der Waals surface area contributed by atoms with Gasteiger partial charge >= 0.3 is 6.09 Å². The van der Waals surface area contributed by atoms with Gasteiger partial charge in [0.1, 0.15) is 5.60 Å². The van der Waals surface area contributed by atoms with Crippen molar-refractivity contribution >= 4 is 6.09 Å². The average Bonchev–Trinajstić information content (AvgIpc) is 2.46. The lowest BCUT2D eigenvalue weighted by Crippen LogP contribution is -2.54. The summed E-state index contributed by atoms with van der Waals surface area (Å²) in [6, 6.07) is 0.501. The number of ether oxygens (including phenoxy) is 1. The molecule has 0 aliphatic carbocycles. The van der Waals surface area contributed by atoms with Gasteiger partial charge in [0, 0.05) is 38.8 Å². The molecule has 2 aliphatic heterocycles. The Hall–Kier alpha value is -0.850. The Morgan fingerprint density at radius 1 is 1.23 bits per heavy atom. The predicted octanol–water partition coefficient (Wildman–Crippen LogP) is 1.17. The highest BCUT2D eigenvalue weighted by atomic mass is 16.6. The smallest absolute Gasteiger partial charge is 0.410 e. The minimum absolute atomic E-state index is 0.206. The average molecular weight is 313 g/mol. The highest BCUT2D eigenvalue weighted by Gasteiger charge is 2.35. The van der Waals surface area contributed by atoms with Gasteiger partial charge in [-0.2, -0.15) is 0 Å². The van der Waals surface area contributed by atoms with E-state index < -0.39 is 11.2 Å². The summed E-state index contributed by atoms with van der Waals surface area (Å²) >= 11 is 0. The van der Waals surface area contributed by atoms with Crippen molar-refractivity contribution in [3.63, 3.8) is 0 Å². The van der Waals surface area contributed by atoms with Crippen LogP contribution < -0.4 is 5.73 Å². The summed E-state index contributed by atoms with van der Waals surface area (Å²) in [6.07, 6.45) is 3.23. The molecule has 1 amide bonds. The van der Waals surface area contributed by atoms with Crippen molar-refractivity contribution in [3.8, 4) is 0 Å². The number of likely N-dealkylation sites (tertiary alicyclic amines) is 2. The topological polar surface area (TPSA) is 79.0 Å². The van der Waals surface area contributed by atoms with Crippen molar-refractivity contribution in [1.29, 1.82) is 0 Å². The van der Waals surface area contributed by atoms with Gasteiger partial charge in [-0.15, -0.1) is 0 Å². The van der Waals surface area contributed by atoms with E-state index in [-0.39, 0.29) is 6.09 Å². The lowest BCUT2D eigenvalue weighted by atomic mass is 9.89. The summed E-state index contributed by atoms with van der Waals surface area (Å²) in [4.78, 5) is 16.3. The van der Waals surface area contributed by atoms with E-state index in [0.717, 1.165) is 51.9 Å². The van der Waals surface area contributed by atoms with Crippen molar-refractivity contribution < 1.29 is 14.6 Å². The van der Waals surface area contributed by atoms with E-state index in [1.165, 1.54) is 0 Å². The third-order valence-corrected chi connectivity index (χ3v) is 4.74. The molecule has 0 atom stereocenters. The molecule has 0 saturated carbocycles. The van der Waals surface area contributed by atoms with Crippen LogP contribution >= 0.6 is 0 Å². The fourth-order valence-electron chi connectivity index (χ4n) is 3.25. The second-order valence-electron chi connectivity index (χ2n) is 7.66. The third kappa shape index (κ3) is 4.57. The molecule has 2 rings (SSSR count). The molecule has 6 nitrogen and oxygen atoms in total. The molecule has 0 radical (unpaired) electrons. The quantitative estimate of drug-likeness (QED) is 0.800. The number of carbonyl (C=O) groups is 1. The van der Waals surface area contributed by atoms with E-state index in [4.69, 9.17) is 10.5 Å². The van der Waals surface area contributed by atoms with E-state index in [1.54, 1.807) is 0 Å². The zero-order valence-corrected chi connectivity index (χ0v) is 14.2. The Bertz CT molecular complexity index is 379. The number of rotatable bonds is 2. The van der Waals surface area contributed by atoms with Crippen LogP contribution in [0.3, 0.4) is 0 Å². The Morgan fingerprint density at radius 2 is 1.77 bits per heavy atom. The summed E-state index contributed by atoms with van der Waals surface area (Å²) in [5, 5.41) is 10.2. The molecule has 0 unspecified atom stereocenters. The van der Waals surface area contributed by atoms with Crippen molar-refractivity contribution in [2.45, 2.75) is 63.7 Å². The summed E-state index contributed by atoms with van der Waals surface area (Å²) in [5.74, 6) is 0. The molecular formula is C16H31N3O3. The van der Waals surface area contributed by atoms with Gasteiger partial charge in [0.25, 0.3) is 0 Å². The van der Waals surface area contributed by atoms with Gasteiger partial charge in [0.15, 0.2) is 0 Å². The molecule has 0 aromatic carbocycles. The van der Waals surface area contributed by atoms with E-state index in [2.05, 4.69) is 4.90 Å². The summed E-state index contributed by atoms with van der Waals surface area (Å²) in [7, 11) is 0. The van der Waals surface area contributed by atoms with Crippen molar-refractivity contribution in [1.82, 2.24) is 9.80 Å². The number of nitrogens with two attached hydrogens (primary N) is 1. The first-order valence-electron chi connectivity index (χ1n) is 8.37. The molecule has 128 valence electrons. The summed E-state index contributed by atoms with van der Waals surface area (Å²) in [6.45, 7) is 9.31. The van der Waals surface area contributed by atoms with Crippen molar-refractivity contribution in [2.75, 3.05) is 32.7 Å². The maximum absolute atomic E-state index is 12.1. The number of aliphatic hydroxyl groups is 1. The first kappa shape index (κ1) is 17.5. The second-order valence-corrected chi connectivity index (χ2v) is 7.66. The van der Waals surface area contributed by atoms with E-state index >= 15 is 0 Å². The molecule has 0 spiro atoms. The van der Waals surface area contributed by atoms with Crippen LogP contribution in [0.15, 0.2) is 0 Å². The SMILES string of the molecule is CC(C)(C)OC(=O)N1CCC(N2CCC(O)(CN)CC2)CC1. The van der Waals surface area contributed by atoms with E-state index in [9.17, 15) is 9.90 Å². The van der Waals surface area contributed by atoms with Crippen LogP contribution in [0, 0.1) is 0 Å². The van der Waals surface area contributed by atoms with Crippen LogP contribution in [0.4, 0.5) is 4.79 Å². The molecule has 2 heterocycles.